The van der Waals surface area contributed by atoms with E-state index in [0.717, 1.165) is 9.35 Å². The zero-order valence-electron chi connectivity index (χ0n) is 8.53. The van der Waals surface area contributed by atoms with Crippen LogP contribution in [0.3, 0.4) is 0 Å². The van der Waals surface area contributed by atoms with Crippen LogP contribution in [0.15, 0.2) is 33.6 Å². The predicted molar refractivity (Wildman–Crippen MR) is 68.9 cm³/mol. The topological polar surface area (TPSA) is 42.0 Å². The molecule has 0 aliphatic carbocycles. The average Bonchev–Trinajstić information content (AvgIpc) is 2.68. The predicted octanol–water partition coefficient (Wildman–Crippen LogP) is 3.47. The third-order valence-corrected chi connectivity index (χ3v) is 3.58. The van der Waals surface area contributed by atoms with Crippen LogP contribution < -0.4 is 5.32 Å². The van der Waals surface area contributed by atoms with Crippen molar-refractivity contribution in [2.45, 2.75) is 6.92 Å². The molecule has 0 saturated carbocycles. The number of hydrogen-bond donors (Lipinski definition) is 1. The van der Waals surface area contributed by atoms with E-state index in [1.165, 1.54) is 11.3 Å². The minimum Gasteiger partial charge on any atom is -0.306 e. The molecule has 1 amide bonds. The van der Waals surface area contributed by atoms with Gasteiger partial charge in [0.05, 0.1) is 9.35 Å². The number of aromatic nitrogens is 1. The molecule has 0 fully saturated rings. The largest absolute Gasteiger partial charge is 0.306 e. The molecule has 5 heteroatoms. The summed E-state index contributed by atoms with van der Waals surface area (Å²) in [6.07, 6.45) is 1.66. The van der Waals surface area contributed by atoms with E-state index in [9.17, 15) is 4.79 Å². The molecule has 0 radical (unpaired) electrons. The minimum atomic E-state index is -0.135. The number of nitrogens with zero attached hydrogens (tertiary/aromatic N) is 1. The Kier molecular flexibility index (Phi) is 3.36. The van der Waals surface area contributed by atoms with Crippen molar-refractivity contribution >= 4 is 39.0 Å². The lowest BCUT2D eigenvalue weighted by Crippen LogP contribution is -2.12. The molecule has 2 aromatic heterocycles. The second kappa shape index (κ2) is 4.76. The number of nitrogens with one attached hydrogen (secondary N) is 1. The summed E-state index contributed by atoms with van der Waals surface area (Å²) in [5.41, 5.74) is 1.59. The first kappa shape index (κ1) is 11.3. The van der Waals surface area contributed by atoms with Crippen molar-refractivity contribution in [3.63, 3.8) is 0 Å². The normalized spacial score (nSPS) is 10.1. The molecule has 0 bridgehead atoms. The monoisotopic (exact) mass is 296 g/mol. The Morgan fingerprint density at radius 1 is 1.56 bits per heavy atom. The number of carbonyl (C=O) groups is 1. The Bertz CT molecular complexity index is 524. The van der Waals surface area contributed by atoms with E-state index in [2.05, 4.69) is 26.2 Å². The number of carbonyl (C=O) groups excluding carboxylic acids is 1. The van der Waals surface area contributed by atoms with Crippen molar-refractivity contribution in [3.8, 4) is 0 Å². The van der Waals surface area contributed by atoms with Crippen molar-refractivity contribution in [1.82, 2.24) is 4.98 Å². The highest BCUT2D eigenvalue weighted by Crippen LogP contribution is 2.21. The van der Waals surface area contributed by atoms with Crippen LogP contribution in [0.25, 0.3) is 0 Å². The molecule has 2 heterocycles. The molecule has 0 aromatic carbocycles. The van der Waals surface area contributed by atoms with Gasteiger partial charge in [-0.2, -0.15) is 0 Å². The average molecular weight is 297 g/mol. The van der Waals surface area contributed by atoms with Gasteiger partial charge in [0.1, 0.15) is 5.82 Å². The van der Waals surface area contributed by atoms with Crippen LogP contribution >= 0.6 is 27.3 Å². The fourth-order valence-electron chi connectivity index (χ4n) is 1.23. The minimum absolute atomic E-state index is 0.135. The van der Waals surface area contributed by atoms with Gasteiger partial charge in [-0.3, -0.25) is 4.79 Å². The van der Waals surface area contributed by atoms with Crippen LogP contribution in [0, 0.1) is 6.92 Å². The third-order valence-electron chi connectivity index (χ3n) is 2.07. The van der Waals surface area contributed by atoms with Crippen LogP contribution in [0.1, 0.15) is 15.9 Å². The molecule has 3 nitrogen and oxygen atoms in total. The van der Waals surface area contributed by atoms with Gasteiger partial charge in [-0.15, -0.1) is 11.3 Å². The van der Waals surface area contributed by atoms with E-state index in [-0.39, 0.29) is 5.91 Å². The smallest absolute Gasteiger partial charge is 0.257 e. The fraction of sp³-hybridized carbons (Fsp3) is 0.0909. The van der Waals surface area contributed by atoms with Gasteiger partial charge in [-0.05, 0) is 40.5 Å². The summed E-state index contributed by atoms with van der Waals surface area (Å²) in [5, 5.41) is 4.58. The molecule has 16 heavy (non-hydrogen) atoms. The Balaban J connectivity index is 2.17. The summed E-state index contributed by atoms with van der Waals surface area (Å²) >= 11 is 4.81. The van der Waals surface area contributed by atoms with Crippen molar-refractivity contribution < 1.29 is 4.79 Å². The number of anilines is 1. The zero-order valence-corrected chi connectivity index (χ0v) is 10.9. The summed E-state index contributed by atoms with van der Waals surface area (Å²) in [6, 6.07) is 5.54. The van der Waals surface area contributed by atoms with Crippen LogP contribution in [0.5, 0.6) is 0 Å². The van der Waals surface area contributed by atoms with Gasteiger partial charge in [0.15, 0.2) is 0 Å². The molecule has 82 valence electrons. The molecule has 1 N–H and O–H groups in total. The molecule has 0 aliphatic heterocycles. The van der Waals surface area contributed by atoms with Crippen LogP contribution in [0.2, 0.25) is 0 Å². The van der Waals surface area contributed by atoms with Gasteiger partial charge < -0.3 is 5.32 Å². The highest BCUT2D eigenvalue weighted by atomic mass is 79.9. The first-order valence-corrected chi connectivity index (χ1v) is 6.31. The highest BCUT2D eigenvalue weighted by molar-refractivity contribution is 9.11. The number of amides is 1. The van der Waals surface area contributed by atoms with Gasteiger partial charge in [0.25, 0.3) is 5.91 Å². The second-order valence-electron chi connectivity index (χ2n) is 3.26. The number of hydrogen-bond acceptors (Lipinski definition) is 3. The molecule has 0 atom stereocenters. The molecule has 0 unspecified atom stereocenters. The standard InChI is InChI=1S/C11H9BrN2OS/c1-7-3-2-4-13-10(7)14-11(15)8-5-9(12)16-6-8/h2-6H,1H3,(H,13,14,15). The Hall–Kier alpha value is -1.20. The van der Waals surface area contributed by atoms with E-state index in [1.807, 2.05) is 19.1 Å². The number of halogens is 1. The molecule has 0 spiro atoms. The Morgan fingerprint density at radius 2 is 2.38 bits per heavy atom. The summed E-state index contributed by atoms with van der Waals surface area (Å²) in [4.78, 5) is 15.9. The molecular weight excluding hydrogens is 288 g/mol. The van der Waals surface area contributed by atoms with E-state index in [1.54, 1.807) is 17.6 Å². The maximum Gasteiger partial charge on any atom is 0.257 e. The maximum absolute atomic E-state index is 11.8. The highest BCUT2D eigenvalue weighted by Gasteiger charge is 2.09. The summed E-state index contributed by atoms with van der Waals surface area (Å²) < 4.78 is 0.940. The number of rotatable bonds is 2. The SMILES string of the molecule is Cc1cccnc1NC(=O)c1csc(Br)c1. The van der Waals surface area contributed by atoms with Crippen LogP contribution in [0.4, 0.5) is 5.82 Å². The van der Waals surface area contributed by atoms with Crippen molar-refractivity contribution in [3.05, 3.63) is 44.7 Å². The lowest BCUT2D eigenvalue weighted by molar-refractivity contribution is 0.102. The first-order chi connectivity index (χ1) is 7.66. The van der Waals surface area contributed by atoms with Crippen molar-refractivity contribution in [1.29, 1.82) is 0 Å². The Morgan fingerprint density at radius 3 is 3.00 bits per heavy atom. The van der Waals surface area contributed by atoms with E-state index >= 15 is 0 Å². The summed E-state index contributed by atoms with van der Waals surface area (Å²) in [6.45, 7) is 1.91. The van der Waals surface area contributed by atoms with Gasteiger partial charge in [-0.1, -0.05) is 6.07 Å². The molecule has 0 saturated heterocycles. The molecule has 0 aliphatic rings. The quantitative estimate of drug-likeness (QED) is 0.922. The van der Waals surface area contributed by atoms with Gasteiger partial charge in [-0.25, -0.2) is 4.98 Å². The number of pyridine rings is 1. The lowest BCUT2D eigenvalue weighted by atomic mass is 10.2. The van der Waals surface area contributed by atoms with E-state index in [0.29, 0.717) is 11.4 Å². The van der Waals surface area contributed by atoms with Crippen molar-refractivity contribution in [2.75, 3.05) is 5.32 Å². The maximum atomic E-state index is 11.8. The van der Waals surface area contributed by atoms with Gasteiger partial charge in [0.2, 0.25) is 0 Å². The zero-order chi connectivity index (χ0) is 11.5. The van der Waals surface area contributed by atoms with E-state index in [4.69, 9.17) is 0 Å². The summed E-state index contributed by atoms with van der Waals surface area (Å²) in [5.74, 6) is 0.471. The number of aryl methyl sites for hydroxylation is 1. The molecule has 2 aromatic rings. The Labute approximate surface area is 106 Å². The molecule has 2 rings (SSSR count). The van der Waals surface area contributed by atoms with Crippen LogP contribution in [-0.4, -0.2) is 10.9 Å². The summed E-state index contributed by atoms with van der Waals surface area (Å²) in [7, 11) is 0. The van der Waals surface area contributed by atoms with E-state index < -0.39 is 0 Å². The van der Waals surface area contributed by atoms with Gasteiger partial charge in [0, 0.05) is 11.6 Å². The van der Waals surface area contributed by atoms with Gasteiger partial charge >= 0.3 is 0 Å². The lowest BCUT2D eigenvalue weighted by Gasteiger charge is -2.05. The second-order valence-corrected chi connectivity index (χ2v) is 5.55. The molecular formula is C11H9BrN2OS. The van der Waals surface area contributed by atoms with Crippen LogP contribution in [-0.2, 0) is 0 Å². The van der Waals surface area contributed by atoms with Crippen molar-refractivity contribution in [2.24, 2.45) is 0 Å². The third kappa shape index (κ3) is 2.48. The fourth-order valence-corrected chi connectivity index (χ4v) is 2.36. The number of thiophene rings is 1. The first-order valence-electron chi connectivity index (χ1n) is 4.64.